The number of aromatic nitrogens is 4. The summed E-state index contributed by atoms with van der Waals surface area (Å²) in [5, 5.41) is 6.94. The van der Waals surface area contributed by atoms with E-state index in [2.05, 4.69) is 168 Å². The van der Waals surface area contributed by atoms with Crippen molar-refractivity contribution in [3.8, 4) is 51.0 Å². The van der Waals surface area contributed by atoms with Crippen LogP contribution in [0.4, 0.5) is 0 Å². The number of rotatable bonds is 5. The number of hydrogen-bond donors (Lipinski definition) is 0. The largest absolute Gasteiger partial charge is 0.456 e. The van der Waals surface area contributed by atoms with E-state index in [1.165, 1.54) is 87.2 Å². The fourth-order valence-corrected chi connectivity index (χ4v) is 10.9. The predicted octanol–water partition coefficient (Wildman–Crippen LogP) is -3.98. The van der Waals surface area contributed by atoms with Crippen LogP contribution in [0, 0.1) is 0 Å². The topological polar surface area (TPSA) is 69.9 Å². The molecule has 16 heteroatoms. The highest BCUT2D eigenvalue weighted by atomic mass is 16.3. The van der Waals surface area contributed by atoms with Crippen LogP contribution in [0.5, 0.6) is 0 Å². The van der Waals surface area contributed by atoms with Gasteiger partial charge in [0, 0.05) is 43.8 Å². The molecule has 0 saturated heterocycles. The molecular formula is C51H40B10N4O2. The van der Waals surface area contributed by atoms with E-state index in [1.54, 1.807) is 0 Å². The van der Waals surface area contributed by atoms with Gasteiger partial charge in [-0.3, -0.25) is 0 Å². The molecule has 0 radical (unpaired) electrons. The molecule has 0 N–H and O–H groups in total. The summed E-state index contributed by atoms with van der Waals surface area (Å²) < 4.78 is 16.6. The Balaban J connectivity index is 1.11. The minimum Gasteiger partial charge on any atom is -0.456 e. The molecule has 6 nitrogen and oxygen atoms in total. The summed E-state index contributed by atoms with van der Waals surface area (Å²) in [6.45, 7) is 0. The Hall–Kier alpha value is -7.18. The van der Waals surface area contributed by atoms with E-state index in [4.69, 9.17) is 23.8 Å². The van der Waals surface area contributed by atoms with Gasteiger partial charge in [0.15, 0.2) is 17.5 Å². The van der Waals surface area contributed by atoms with Gasteiger partial charge in [0.1, 0.15) is 101 Å². The molecule has 0 spiro atoms. The van der Waals surface area contributed by atoms with Crippen LogP contribution in [-0.4, -0.2) is 98.0 Å². The Bertz CT molecular complexity index is 4110. The van der Waals surface area contributed by atoms with E-state index in [-0.39, 0.29) is 0 Å². The van der Waals surface area contributed by atoms with Gasteiger partial charge in [-0.15, -0.1) is 10.9 Å². The third kappa shape index (κ3) is 6.01. The van der Waals surface area contributed by atoms with E-state index >= 15 is 0 Å². The Kier molecular flexibility index (Phi) is 9.35. The van der Waals surface area contributed by atoms with Crippen molar-refractivity contribution in [2.45, 2.75) is 0 Å². The fraction of sp³-hybridized carbons (Fsp3) is 0. The van der Waals surface area contributed by atoms with Crippen LogP contribution in [0.25, 0.3) is 117 Å². The van der Waals surface area contributed by atoms with Crippen LogP contribution in [-0.2, 0) is 0 Å². The van der Waals surface area contributed by atoms with Crippen molar-refractivity contribution in [3.05, 3.63) is 121 Å². The maximum Gasteiger partial charge on any atom is 0.164 e. The average molecular weight is 849 g/mol. The van der Waals surface area contributed by atoms with Crippen molar-refractivity contribution >= 4 is 199 Å². The highest BCUT2D eigenvalue weighted by Crippen LogP contribution is 2.41. The molecule has 306 valence electrons. The lowest BCUT2D eigenvalue weighted by atomic mass is 9.64. The normalized spacial score (nSPS) is 11.9. The van der Waals surface area contributed by atoms with Crippen molar-refractivity contribution in [3.63, 3.8) is 0 Å². The number of benzene rings is 8. The van der Waals surface area contributed by atoms with Gasteiger partial charge < -0.3 is 13.4 Å². The summed E-state index contributed by atoms with van der Waals surface area (Å²) in [6.07, 6.45) is 0. The summed E-state index contributed by atoms with van der Waals surface area (Å²) in [7, 11) is 22.6. The molecule has 0 unspecified atom stereocenters. The maximum absolute atomic E-state index is 7.22. The molecule has 0 saturated carbocycles. The zero-order chi connectivity index (χ0) is 46.2. The quantitative estimate of drug-likeness (QED) is 0.166. The van der Waals surface area contributed by atoms with Crippen LogP contribution in [0.15, 0.2) is 130 Å². The molecule has 0 aliphatic heterocycles. The first-order valence-electron chi connectivity index (χ1n) is 23.2. The highest BCUT2D eigenvalue weighted by molar-refractivity contribution is 6.71. The van der Waals surface area contributed by atoms with Gasteiger partial charge in [0.25, 0.3) is 0 Å². The lowest BCUT2D eigenvalue weighted by molar-refractivity contribution is 0.669. The second-order valence-corrected chi connectivity index (χ2v) is 18.6. The molecule has 0 amide bonds. The number of nitrogens with zero attached hydrogens (tertiary/aromatic N) is 4. The first-order valence-corrected chi connectivity index (χ1v) is 23.2. The van der Waals surface area contributed by atoms with Crippen LogP contribution in [0.2, 0.25) is 0 Å². The van der Waals surface area contributed by atoms with Crippen molar-refractivity contribution in [1.29, 1.82) is 0 Å². The van der Waals surface area contributed by atoms with E-state index < -0.39 is 0 Å². The molecule has 0 bridgehead atoms. The predicted molar refractivity (Wildman–Crippen MR) is 312 cm³/mol. The summed E-state index contributed by atoms with van der Waals surface area (Å²) >= 11 is 0. The molecule has 67 heavy (non-hydrogen) atoms. The second kappa shape index (κ2) is 15.2. The monoisotopic (exact) mass is 850 g/mol. The molecule has 4 heterocycles. The van der Waals surface area contributed by atoms with Crippen molar-refractivity contribution in [2.75, 3.05) is 0 Å². The second-order valence-electron chi connectivity index (χ2n) is 18.6. The third-order valence-corrected chi connectivity index (χ3v) is 15.3. The summed E-state index contributed by atoms with van der Waals surface area (Å²) in [6, 6.07) is 41.8. The Labute approximate surface area is 397 Å². The minimum absolute atomic E-state index is 0.577. The SMILES string of the molecule is Bc1c(B)c(B)c2c(oc3c2c(B)c(B)c2c3c3c(B)c(B)c(B)c(B)c3n2-c2cccc3oc4cc(-c5nc(-c6ccccc6)nc(-c6cccc(-c7ccccc7)c6)n5)ccc4c23)c1B. The third-order valence-electron chi connectivity index (χ3n) is 15.3. The summed E-state index contributed by atoms with van der Waals surface area (Å²) in [5.74, 6) is 1.80. The van der Waals surface area contributed by atoms with Gasteiger partial charge in [-0.2, -0.15) is 0 Å². The molecule has 0 fully saturated rings. The van der Waals surface area contributed by atoms with Crippen LogP contribution in [0.3, 0.4) is 0 Å². The molecule has 4 aromatic heterocycles. The van der Waals surface area contributed by atoms with Gasteiger partial charge in [-0.25, -0.2) is 15.0 Å². The zero-order valence-corrected chi connectivity index (χ0v) is 39.7. The first-order chi connectivity index (χ1) is 32.4. The molecule has 12 aromatic rings. The molecule has 12 rings (SSSR count). The average Bonchev–Trinajstić information content (AvgIpc) is 4.07. The lowest BCUT2D eigenvalue weighted by Gasteiger charge is -2.17. The van der Waals surface area contributed by atoms with Crippen molar-refractivity contribution < 1.29 is 8.83 Å². The van der Waals surface area contributed by atoms with E-state index in [9.17, 15) is 0 Å². The van der Waals surface area contributed by atoms with Crippen molar-refractivity contribution in [2.24, 2.45) is 0 Å². The number of hydrogen-bond acceptors (Lipinski definition) is 5. The standard InChI is InChI=1S/C51H40B10N4O2/c52-35-31-34-46(42(59)37(54)32-33-36(53)39(56)41(58)44(61)48(33)67-47(32)34)65(45(31)43(60)40(57)38(35)55)27-15-8-16-28-30(27)26-18-17-25(20-29(26)66-28)51-63-49(22-11-5-2-6-12-22)62-50(64-51)24-14-7-13-23(19-24)21-9-3-1-4-10-21/h1-20H,52-61H2. The minimum atomic E-state index is 0.577. The number of fused-ring (bicyclic) bond motifs is 10. The van der Waals surface area contributed by atoms with Gasteiger partial charge in [0.2, 0.25) is 0 Å². The first kappa shape index (κ1) is 41.3. The van der Waals surface area contributed by atoms with Gasteiger partial charge in [-0.05, 0) is 41.5 Å². The van der Waals surface area contributed by atoms with Gasteiger partial charge in [0.05, 0.1) is 22.0 Å². The van der Waals surface area contributed by atoms with E-state index in [0.717, 1.165) is 66.6 Å². The summed E-state index contributed by atoms with van der Waals surface area (Å²) in [4.78, 5) is 15.3. The molecule has 0 aliphatic carbocycles. The van der Waals surface area contributed by atoms with E-state index in [1.807, 2.05) is 36.4 Å². The van der Waals surface area contributed by atoms with Crippen LogP contribution in [0.1, 0.15) is 0 Å². The molecule has 8 aromatic carbocycles. The van der Waals surface area contributed by atoms with Crippen molar-refractivity contribution in [1.82, 2.24) is 19.5 Å². The summed E-state index contributed by atoms with van der Waals surface area (Å²) in [5.41, 5.74) is 24.6. The molecular weight excluding hydrogens is 809 g/mol. The number of furan rings is 2. The van der Waals surface area contributed by atoms with Gasteiger partial charge >= 0.3 is 0 Å². The van der Waals surface area contributed by atoms with E-state index in [0.29, 0.717) is 17.5 Å². The molecule has 0 aliphatic rings. The highest BCUT2D eigenvalue weighted by Gasteiger charge is 2.29. The van der Waals surface area contributed by atoms with Crippen LogP contribution >= 0.6 is 0 Å². The Morgan fingerprint density at radius 1 is 0.328 bits per heavy atom. The van der Waals surface area contributed by atoms with Crippen LogP contribution < -0.4 is 54.6 Å². The zero-order valence-electron chi connectivity index (χ0n) is 39.7. The lowest BCUT2D eigenvalue weighted by Crippen LogP contribution is -2.48. The fourth-order valence-electron chi connectivity index (χ4n) is 10.9. The Morgan fingerprint density at radius 2 is 0.836 bits per heavy atom. The molecule has 0 atom stereocenters. The van der Waals surface area contributed by atoms with Gasteiger partial charge in [-0.1, -0.05) is 135 Å². The Morgan fingerprint density at radius 3 is 1.54 bits per heavy atom. The smallest absolute Gasteiger partial charge is 0.164 e. The maximum atomic E-state index is 7.22.